The molecule has 0 saturated heterocycles. The van der Waals surface area contributed by atoms with Gasteiger partial charge in [-0.15, -0.1) is 0 Å². The molecule has 0 heterocycles. The highest BCUT2D eigenvalue weighted by Gasteiger charge is 2.15. The lowest BCUT2D eigenvalue weighted by atomic mass is 9.84. The van der Waals surface area contributed by atoms with Crippen LogP contribution in [0.15, 0.2) is 42.5 Å². The zero-order chi connectivity index (χ0) is 17.6. The molecule has 132 valence electrons. The van der Waals surface area contributed by atoms with E-state index >= 15 is 0 Å². The number of anilines is 1. The predicted molar refractivity (Wildman–Crippen MR) is 99.0 cm³/mol. The highest BCUT2D eigenvalue weighted by molar-refractivity contribution is 5.93. The van der Waals surface area contributed by atoms with E-state index in [9.17, 15) is 9.90 Å². The Hall–Kier alpha value is -2.49. The van der Waals surface area contributed by atoms with Gasteiger partial charge in [0.1, 0.15) is 11.3 Å². The molecule has 0 aromatic heterocycles. The van der Waals surface area contributed by atoms with E-state index in [0.29, 0.717) is 6.54 Å². The van der Waals surface area contributed by atoms with Crippen molar-refractivity contribution in [1.29, 1.82) is 0 Å². The van der Waals surface area contributed by atoms with Crippen LogP contribution >= 0.6 is 0 Å². The summed E-state index contributed by atoms with van der Waals surface area (Å²) in [5.41, 5.74) is 3.57. The normalized spacial score (nSPS) is 14.9. The molecule has 4 heteroatoms. The quantitative estimate of drug-likeness (QED) is 0.604. The fourth-order valence-electron chi connectivity index (χ4n) is 3.47. The maximum absolute atomic E-state index is 11.6. The van der Waals surface area contributed by atoms with Gasteiger partial charge in [-0.1, -0.05) is 43.5 Å². The topological polar surface area (TPSA) is 58.6 Å². The SMILES string of the molecule is COC(=O)c1cc(NCc2ccc(C3CCCCC3)cc2)ccc1O. The van der Waals surface area contributed by atoms with Crippen molar-refractivity contribution in [2.24, 2.45) is 0 Å². The summed E-state index contributed by atoms with van der Waals surface area (Å²) < 4.78 is 4.68. The second-order valence-electron chi connectivity index (χ2n) is 6.65. The van der Waals surface area contributed by atoms with Gasteiger partial charge in [0.05, 0.1) is 7.11 Å². The first kappa shape index (κ1) is 17.3. The molecule has 2 aromatic rings. The molecule has 4 nitrogen and oxygen atoms in total. The number of rotatable bonds is 5. The number of nitrogens with one attached hydrogen (secondary N) is 1. The van der Waals surface area contributed by atoms with Gasteiger partial charge in [-0.25, -0.2) is 4.79 Å². The number of carbonyl (C=O) groups excluding carboxylic acids is 1. The first-order valence-corrected chi connectivity index (χ1v) is 8.91. The minimum absolute atomic E-state index is 0.0748. The van der Waals surface area contributed by atoms with Gasteiger partial charge < -0.3 is 15.2 Å². The van der Waals surface area contributed by atoms with E-state index in [1.807, 2.05) is 0 Å². The summed E-state index contributed by atoms with van der Waals surface area (Å²) in [7, 11) is 1.30. The summed E-state index contributed by atoms with van der Waals surface area (Å²) in [6, 6.07) is 13.7. The first-order chi connectivity index (χ1) is 12.2. The third-order valence-corrected chi connectivity index (χ3v) is 4.95. The van der Waals surface area contributed by atoms with Crippen LogP contribution in [0, 0.1) is 0 Å². The van der Waals surface area contributed by atoms with Crippen molar-refractivity contribution in [1.82, 2.24) is 0 Å². The van der Waals surface area contributed by atoms with Gasteiger partial charge >= 0.3 is 5.97 Å². The molecule has 0 radical (unpaired) electrons. The van der Waals surface area contributed by atoms with Crippen molar-refractivity contribution in [2.45, 2.75) is 44.6 Å². The molecule has 0 amide bonds. The van der Waals surface area contributed by atoms with Crippen molar-refractivity contribution in [2.75, 3.05) is 12.4 Å². The van der Waals surface area contributed by atoms with Crippen LogP contribution in [0.4, 0.5) is 5.69 Å². The molecule has 3 rings (SSSR count). The summed E-state index contributed by atoms with van der Waals surface area (Å²) in [4.78, 5) is 11.6. The largest absolute Gasteiger partial charge is 0.507 e. The van der Waals surface area contributed by atoms with Crippen LogP contribution < -0.4 is 5.32 Å². The van der Waals surface area contributed by atoms with E-state index in [4.69, 9.17) is 0 Å². The van der Waals surface area contributed by atoms with Crippen LogP contribution in [0.2, 0.25) is 0 Å². The van der Waals surface area contributed by atoms with E-state index < -0.39 is 5.97 Å². The number of ether oxygens (including phenoxy) is 1. The van der Waals surface area contributed by atoms with Crippen LogP contribution in [-0.2, 0) is 11.3 Å². The summed E-state index contributed by atoms with van der Waals surface area (Å²) >= 11 is 0. The standard InChI is InChI=1S/C21H25NO3/c1-25-21(24)19-13-18(11-12-20(19)23)22-14-15-7-9-17(10-8-15)16-5-3-2-4-6-16/h7-13,16,22-23H,2-6,14H2,1H3. The second-order valence-corrected chi connectivity index (χ2v) is 6.65. The first-order valence-electron chi connectivity index (χ1n) is 8.91. The molecule has 0 aliphatic heterocycles. The minimum Gasteiger partial charge on any atom is -0.507 e. The molecule has 1 fully saturated rings. The summed E-state index contributed by atoms with van der Waals surface area (Å²) in [5, 5.41) is 13.0. The van der Waals surface area contributed by atoms with Gasteiger partial charge in [-0.05, 0) is 48.1 Å². The monoisotopic (exact) mass is 339 g/mol. The molecule has 0 atom stereocenters. The zero-order valence-corrected chi connectivity index (χ0v) is 14.6. The summed E-state index contributed by atoms with van der Waals surface area (Å²) in [6.07, 6.45) is 6.68. The number of phenolic OH excluding ortho intramolecular Hbond substituents is 1. The molecule has 1 saturated carbocycles. The Balaban J connectivity index is 1.62. The molecule has 0 unspecified atom stereocenters. The third-order valence-electron chi connectivity index (χ3n) is 4.95. The average Bonchev–Trinajstić information content (AvgIpc) is 2.68. The lowest BCUT2D eigenvalue weighted by Gasteiger charge is -2.22. The predicted octanol–water partition coefficient (Wildman–Crippen LogP) is 4.84. The van der Waals surface area contributed by atoms with E-state index in [1.54, 1.807) is 12.1 Å². The minimum atomic E-state index is -0.544. The molecule has 2 N–H and O–H groups in total. The number of hydrogen-bond acceptors (Lipinski definition) is 4. The van der Waals surface area contributed by atoms with Crippen LogP contribution in [0.3, 0.4) is 0 Å². The van der Waals surface area contributed by atoms with Gasteiger partial charge in [0, 0.05) is 12.2 Å². The van der Waals surface area contributed by atoms with Gasteiger partial charge in [0.15, 0.2) is 0 Å². The Kier molecular flexibility index (Phi) is 5.59. The maximum Gasteiger partial charge on any atom is 0.341 e. The Morgan fingerprint density at radius 1 is 1.12 bits per heavy atom. The molecule has 1 aliphatic carbocycles. The molecule has 25 heavy (non-hydrogen) atoms. The molecular weight excluding hydrogens is 314 g/mol. The van der Waals surface area contributed by atoms with Gasteiger partial charge in [-0.2, -0.15) is 0 Å². The molecular formula is C21H25NO3. The number of benzene rings is 2. The molecule has 0 bridgehead atoms. The van der Waals surface area contributed by atoms with Crippen molar-refractivity contribution in [3.8, 4) is 5.75 Å². The maximum atomic E-state index is 11.6. The number of esters is 1. The summed E-state index contributed by atoms with van der Waals surface area (Å²) in [5.74, 6) is 0.0997. The Labute approximate surface area is 148 Å². The second kappa shape index (κ2) is 8.06. The lowest BCUT2D eigenvalue weighted by molar-refractivity contribution is 0.0597. The van der Waals surface area contributed by atoms with Gasteiger partial charge in [-0.3, -0.25) is 0 Å². The van der Waals surface area contributed by atoms with Crippen LogP contribution in [0.5, 0.6) is 5.75 Å². The van der Waals surface area contributed by atoms with Crippen molar-refractivity contribution >= 4 is 11.7 Å². The average molecular weight is 339 g/mol. The third kappa shape index (κ3) is 4.32. The van der Waals surface area contributed by atoms with E-state index in [2.05, 4.69) is 34.3 Å². The zero-order valence-electron chi connectivity index (χ0n) is 14.6. The number of methoxy groups -OCH3 is 1. The number of carbonyl (C=O) groups is 1. The molecule has 1 aliphatic rings. The Morgan fingerprint density at radius 2 is 1.84 bits per heavy atom. The van der Waals surface area contributed by atoms with Crippen LogP contribution in [-0.4, -0.2) is 18.2 Å². The fraction of sp³-hybridized carbons (Fsp3) is 0.381. The van der Waals surface area contributed by atoms with E-state index in [1.165, 1.54) is 56.4 Å². The van der Waals surface area contributed by atoms with Crippen LogP contribution in [0.25, 0.3) is 0 Å². The van der Waals surface area contributed by atoms with Crippen molar-refractivity contribution in [3.05, 3.63) is 59.2 Å². The Morgan fingerprint density at radius 3 is 2.52 bits per heavy atom. The van der Waals surface area contributed by atoms with Gasteiger partial charge in [0.2, 0.25) is 0 Å². The lowest BCUT2D eigenvalue weighted by Crippen LogP contribution is -2.06. The smallest absolute Gasteiger partial charge is 0.341 e. The van der Waals surface area contributed by atoms with Crippen LogP contribution in [0.1, 0.15) is 59.5 Å². The highest BCUT2D eigenvalue weighted by Crippen LogP contribution is 2.32. The number of hydrogen-bond donors (Lipinski definition) is 2. The number of aromatic hydroxyl groups is 1. The molecule has 0 spiro atoms. The number of phenols is 1. The summed E-state index contributed by atoms with van der Waals surface area (Å²) in [6.45, 7) is 0.663. The van der Waals surface area contributed by atoms with E-state index in [0.717, 1.165) is 11.6 Å². The Bertz CT molecular complexity index is 718. The van der Waals surface area contributed by atoms with Crippen molar-refractivity contribution < 1.29 is 14.6 Å². The highest BCUT2D eigenvalue weighted by atomic mass is 16.5. The molecule has 2 aromatic carbocycles. The van der Waals surface area contributed by atoms with Crippen molar-refractivity contribution in [3.63, 3.8) is 0 Å². The van der Waals surface area contributed by atoms with Gasteiger partial charge in [0.25, 0.3) is 0 Å². The fourth-order valence-corrected chi connectivity index (χ4v) is 3.47. The van der Waals surface area contributed by atoms with E-state index in [-0.39, 0.29) is 11.3 Å².